The van der Waals surface area contributed by atoms with Crippen LogP contribution in [0, 0.1) is 0 Å². The Morgan fingerprint density at radius 1 is 1.06 bits per heavy atom. The van der Waals surface area contributed by atoms with E-state index in [0.29, 0.717) is 17.1 Å². The fraction of sp³-hybridized carbons (Fsp3) is 0.667. The molecule has 0 aromatic rings. The third-order valence-corrected chi connectivity index (χ3v) is 4.25. The van der Waals surface area contributed by atoms with Crippen LogP contribution in [0.2, 0.25) is 0 Å². The first-order chi connectivity index (χ1) is 8.42. The Bertz CT molecular complexity index is 500. The molecule has 100 valence electrons. The van der Waals surface area contributed by atoms with Crippen LogP contribution in [0.15, 0.2) is 0 Å². The average Bonchev–Trinajstić information content (AvgIpc) is 2.86. The van der Waals surface area contributed by atoms with Crippen molar-refractivity contribution in [3.63, 3.8) is 0 Å². The van der Waals surface area contributed by atoms with Gasteiger partial charge in [0.2, 0.25) is 11.8 Å². The number of hydrogen-bond donors (Lipinski definition) is 1. The van der Waals surface area contributed by atoms with Crippen molar-refractivity contribution in [2.24, 2.45) is 0 Å². The van der Waals surface area contributed by atoms with E-state index >= 15 is 0 Å². The highest BCUT2D eigenvalue weighted by Crippen LogP contribution is 2.15. The molecule has 0 spiro atoms. The predicted octanol–water partition coefficient (Wildman–Crippen LogP) is -0.814. The highest BCUT2D eigenvalue weighted by atomic mass is 32.2. The monoisotopic (exact) mass is 275 g/mol. The minimum atomic E-state index is -4.18. The molecule has 2 fully saturated rings. The number of nitrogens with one attached hydrogen (secondary N) is 1. The molecule has 2 aliphatic rings. The van der Waals surface area contributed by atoms with Crippen LogP contribution in [0.3, 0.4) is 0 Å². The Balaban J connectivity index is 2.06. The summed E-state index contributed by atoms with van der Waals surface area (Å²) in [4.78, 5) is 35.0. The second kappa shape index (κ2) is 4.56. The zero-order valence-corrected chi connectivity index (χ0v) is 10.4. The molecular weight excluding hydrogens is 262 g/mol. The van der Waals surface area contributed by atoms with Gasteiger partial charge < -0.3 is 0 Å². The van der Waals surface area contributed by atoms with Crippen molar-refractivity contribution < 1.29 is 22.8 Å². The lowest BCUT2D eigenvalue weighted by atomic mass is 10.4. The number of carbonyl (C=O) groups is 3. The first kappa shape index (κ1) is 12.8. The molecule has 0 bridgehead atoms. The van der Waals surface area contributed by atoms with Crippen LogP contribution in [0.4, 0.5) is 4.79 Å². The number of imide groups is 1. The van der Waals surface area contributed by atoms with Gasteiger partial charge in [-0.15, -0.1) is 0 Å². The van der Waals surface area contributed by atoms with Crippen LogP contribution in [0.1, 0.15) is 25.7 Å². The molecule has 2 saturated heterocycles. The van der Waals surface area contributed by atoms with Crippen molar-refractivity contribution in [2.75, 3.05) is 13.1 Å². The summed E-state index contributed by atoms with van der Waals surface area (Å²) in [5.41, 5.74) is 0. The number of nitrogens with zero attached hydrogens (tertiary/aromatic N) is 2. The van der Waals surface area contributed by atoms with Crippen molar-refractivity contribution in [1.82, 2.24) is 13.9 Å². The first-order valence-electron chi connectivity index (χ1n) is 5.59. The molecule has 0 atom stereocenters. The molecule has 9 heteroatoms. The molecular formula is C9H13N3O5S. The van der Waals surface area contributed by atoms with Crippen LogP contribution >= 0.6 is 0 Å². The normalized spacial score (nSPS) is 20.7. The van der Waals surface area contributed by atoms with E-state index in [-0.39, 0.29) is 25.9 Å². The number of hydrogen-bond acceptors (Lipinski definition) is 5. The second-order valence-electron chi connectivity index (χ2n) is 4.13. The zero-order valence-electron chi connectivity index (χ0n) is 9.59. The predicted molar refractivity (Wildman–Crippen MR) is 59.3 cm³/mol. The molecule has 8 nitrogen and oxygen atoms in total. The SMILES string of the molecule is O=C1CCCN1C(=O)NS(=O)(=O)N1CCCC1=O. The molecule has 0 saturated carbocycles. The lowest BCUT2D eigenvalue weighted by molar-refractivity contribution is -0.125. The van der Waals surface area contributed by atoms with Gasteiger partial charge in [-0.2, -0.15) is 8.42 Å². The molecule has 0 aromatic carbocycles. The lowest BCUT2D eigenvalue weighted by Gasteiger charge is -2.19. The minimum Gasteiger partial charge on any atom is -0.274 e. The van der Waals surface area contributed by atoms with Gasteiger partial charge in [0.15, 0.2) is 0 Å². The number of rotatable bonds is 2. The maximum Gasteiger partial charge on any atom is 0.339 e. The third kappa shape index (κ3) is 2.30. The molecule has 0 aliphatic carbocycles. The van der Waals surface area contributed by atoms with Crippen molar-refractivity contribution in [2.45, 2.75) is 25.7 Å². The van der Waals surface area contributed by atoms with Crippen molar-refractivity contribution in [3.05, 3.63) is 0 Å². The van der Waals surface area contributed by atoms with Gasteiger partial charge in [-0.1, -0.05) is 0 Å². The number of amides is 4. The summed E-state index contributed by atoms with van der Waals surface area (Å²) < 4.78 is 25.9. The first-order valence-corrected chi connectivity index (χ1v) is 7.03. The summed E-state index contributed by atoms with van der Waals surface area (Å²) in [5, 5.41) is 0. The molecule has 2 rings (SSSR count). The molecule has 18 heavy (non-hydrogen) atoms. The fourth-order valence-corrected chi connectivity index (χ4v) is 3.13. The Hall–Kier alpha value is -1.64. The minimum absolute atomic E-state index is 0.0649. The average molecular weight is 275 g/mol. The molecule has 2 aliphatic heterocycles. The van der Waals surface area contributed by atoms with Crippen LogP contribution < -0.4 is 4.72 Å². The maximum absolute atomic E-state index is 11.8. The number of urea groups is 1. The Morgan fingerprint density at radius 2 is 1.67 bits per heavy atom. The van der Waals surface area contributed by atoms with E-state index in [2.05, 4.69) is 0 Å². The van der Waals surface area contributed by atoms with Crippen molar-refractivity contribution >= 4 is 28.1 Å². The van der Waals surface area contributed by atoms with Crippen LogP contribution in [0.25, 0.3) is 0 Å². The summed E-state index contributed by atoms with van der Waals surface area (Å²) >= 11 is 0. The Morgan fingerprint density at radius 3 is 2.17 bits per heavy atom. The molecule has 0 unspecified atom stereocenters. The molecule has 1 N–H and O–H groups in total. The van der Waals surface area contributed by atoms with Gasteiger partial charge >= 0.3 is 16.2 Å². The summed E-state index contributed by atoms with van der Waals surface area (Å²) in [6.45, 7) is 0.267. The smallest absolute Gasteiger partial charge is 0.274 e. The standard InChI is InChI=1S/C9H13N3O5S/c13-7-3-1-5-11(7)9(15)10-18(16,17)12-6-2-4-8(12)14/h1-6H2,(H,10,15). The van der Waals surface area contributed by atoms with Crippen LogP contribution in [-0.2, 0) is 19.8 Å². The maximum atomic E-state index is 11.8. The molecule has 4 amide bonds. The third-order valence-electron chi connectivity index (χ3n) is 2.86. The van der Waals surface area contributed by atoms with Crippen LogP contribution in [0.5, 0.6) is 0 Å². The van der Waals surface area contributed by atoms with Crippen molar-refractivity contribution in [1.29, 1.82) is 0 Å². The van der Waals surface area contributed by atoms with E-state index in [1.807, 2.05) is 0 Å². The molecule has 0 aromatic heterocycles. The Labute approximate surface area is 104 Å². The Kier molecular flexibility index (Phi) is 3.24. The summed E-state index contributed by atoms with van der Waals surface area (Å²) in [6, 6.07) is -0.989. The lowest BCUT2D eigenvalue weighted by Crippen LogP contribution is -2.49. The van der Waals surface area contributed by atoms with Crippen LogP contribution in [-0.4, -0.2) is 48.6 Å². The second-order valence-corrected chi connectivity index (χ2v) is 5.73. The van der Waals surface area contributed by atoms with Gasteiger partial charge in [0, 0.05) is 25.9 Å². The van der Waals surface area contributed by atoms with E-state index in [1.54, 1.807) is 4.72 Å². The van der Waals surface area contributed by atoms with Gasteiger partial charge in [0.25, 0.3) is 0 Å². The van der Waals surface area contributed by atoms with Crippen molar-refractivity contribution in [3.8, 4) is 0 Å². The number of likely N-dealkylation sites (tertiary alicyclic amines) is 1. The fourth-order valence-electron chi connectivity index (χ4n) is 1.96. The quantitative estimate of drug-likeness (QED) is 0.709. The van der Waals surface area contributed by atoms with Gasteiger partial charge in [-0.25, -0.2) is 13.8 Å². The highest BCUT2D eigenvalue weighted by Gasteiger charge is 2.35. The van der Waals surface area contributed by atoms with Gasteiger partial charge in [-0.3, -0.25) is 14.5 Å². The summed E-state index contributed by atoms with van der Waals surface area (Å²) in [7, 11) is -4.18. The van der Waals surface area contributed by atoms with Gasteiger partial charge in [0.05, 0.1) is 0 Å². The van der Waals surface area contributed by atoms with Gasteiger partial charge in [-0.05, 0) is 12.8 Å². The van der Waals surface area contributed by atoms with E-state index in [0.717, 1.165) is 4.90 Å². The zero-order chi connectivity index (χ0) is 13.3. The van der Waals surface area contributed by atoms with Gasteiger partial charge in [0.1, 0.15) is 0 Å². The summed E-state index contributed by atoms with van der Waals surface area (Å²) in [6.07, 6.45) is 1.35. The topological polar surface area (TPSA) is 104 Å². The highest BCUT2D eigenvalue weighted by molar-refractivity contribution is 7.88. The van der Waals surface area contributed by atoms with E-state index < -0.39 is 28.1 Å². The molecule has 2 heterocycles. The number of carbonyl (C=O) groups excluding carboxylic acids is 3. The summed E-state index contributed by atoms with van der Waals surface area (Å²) in [5.74, 6) is -0.946. The van der Waals surface area contributed by atoms with E-state index in [1.165, 1.54) is 0 Å². The molecule has 0 radical (unpaired) electrons. The largest absolute Gasteiger partial charge is 0.339 e. The van der Waals surface area contributed by atoms with E-state index in [4.69, 9.17) is 0 Å². The van der Waals surface area contributed by atoms with E-state index in [9.17, 15) is 22.8 Å².